The van der Waals surface area contributed by atoms with Gasteiger partial charge < -0.3 is 21.1 Å². The number of para-hydroxylation sites is 1. The van der Waals surface area contributed by atoms with E-state index >= 15 is 0 Å². The topological polar surface area (TPSA) is 142 Å². The van der Waals surface area contributed by atoms with Gasteiger partial charge in [0.1, 0.15) is 34.9 Å². The largest absolute Gasteiger partial charge is 0.457 e. The number of aromatic nitrogens is 4. The lowest BCUT2D eigenvalue weighted by Crippen LogP contribution is -2.43. The number of rotatable bonds is 7. The van der Waals surface area contributed by atoms with Gasteiger partial charge in [-0.1, -0.05) is 24.3 Å². The average Bonchev–Trinajstić information content (AvgIpc) is 3.70. The summed E-state index contributed by atoms with van der Waals surface area (Å²) in [6.45, 7) is 0.939. The van der Waals surface area contributed by atoms with Crippen molar-refractivity contribution >= 4 is 28.7 Å². The highest BCUT2D eigenvalue weighted by Gasteiger charge is 2.32. The molecule has 0 spiro atoms. The summed E-state index contributed by atoms with van der Waals surface area (Å²) in [6.07, 6.45) is 6.67. The zero-order valence-corrected chi connectivity index (χ0v) is 21.4. The Kier molecular flexibility index (Phi) is 6.44. The Morgan fingerprint density at radius 3 is 2.44 bits per heavy atom. The second-order valence-corrected chi connectivity index (χ2v) is 10.0. The van der Waals surface area contributed by atoms with Crippen LogP contribution < -0.4 is 16.2 Å². The van der Waals surface area contributed by atoms with Gasteiger partial charge in [0, 0.05) is 18.7 Å². The Labute approximate surface area is 225 Å². The minimum Gasteiger partial charge on any atom is -0.457 e. The van der Waals surface area contributed by atoms with E-state index in [1.807, 2.05) is 59.3 Å². The van der Waals surface area contributed by atoms with Crippen molar-refractivity contribution in [3.8, 4) is 22.8 Å². The maximum atomic E-state index is 13.3. The molecule has 0 radical (unpaired) electrons. The van der Waals surface area contributed by atoms with Crippen molar-refractivity contribution in [2.24, 2.45) is 11.7 Å². The van der Waals surface area contributed by atoms with E-state index in [4.69, 9.17) is 21.3 Å². The van der Waals surface area contributed by atoms with Crippen LogP contribution >= 0.6 is 0 Å². The Balaban J connectivity index is 1.30. The van der Waals surface area contributed by atoms with Crippen molar-refractivity contribution in [1.82, 2.24) is 24.6 Å². The van der Waals surface area contributed by atoms with E-state index in [1.54, 1.807) is 11.0 Å². The summed E-state index contributed by atoms with van der Waals surface area (Å²) in [4.78, 5) is 35.7. The number of likely N-dealkylation sites (tertiary alicyclic amines) is 1. The van der Waals surface area contributed by atoms with Crippen molar-refractivity contribution in [2.45, 2.75) is 31.7 Å². The lowest BCUT2D eigenvalue weighted by atomic mass is 10.0. The van der Waals surface area contributed by atoms with Crippen LogP contribution in [0.25, 0.3) is 22.3 Å². The lowest BCUT2D eigenvalue weighted by molar-refractivity contribution is -0.131. The molecule has 2 fully saturated rings. The SMILES string of the molecule is NC(=O)C(=CC1CC1)C(=O)N1CCCC(n2nc(-c3ccc(Oc4ccccc4)cc3)c3c(N)ncnc32)C1. The van der Waals surface area contributed by atoms with Crippen molar-refractivity contribution in [2.75, 3.05) is 18.8 Å². The third-order valence-corrected chi connectivity index (χ3v) is 7.17. The molecule has 1 saturated heterocycles. The lowest BCUT2D eigenvalue weighted by Gasteiger charge is -2.33. The first kappa shape index (κ1) is 24.6. The van der Waals surface area contributed by atoms with Gasteiger partial charge in [0.15, 0.2) is 5.65 Å². The summed E-state index contributed by atoms with van der Waals surface area (Å²) in [5.41, 5.74) is 14.1. The number of nitrogens with zero attached hydrogens (tertiary/aromatic N) is 5. The molecule has 1 saturated carbocycles. The normalized spacial score (nSPS) is 17.8. The van der Waals surface area contributed by atoms with Crippen molar-refractivity contribution in [3.05, 3.63) is 72.6 Å². The number of ether oxygens (including phenoxy) is 1. The van der Waals surface area contributed by atoms with E-state index < -0.39 is 5.91 Å². The number of amides is 2. The van der Waals surface area contributed by atoms with Gasteiger partial charge in [-0.05, 0) is 68.0 Å². The summed E-state index contributed by atoms with van der Waals surface area (Å²) in [7, 11) is 0. The first-order chi connectivity index (χ1) is 19.0. The van der Waals surface area contributed by atoms with Gasteiger partial charge in [-0.3, -0.25) is 9.59 Å². The van der Waals surface area contributed by atoms with Gasteiger partial charge in [-0.25, -0.2) is 14.6 Å². The Morgan fingerprint density at radius 1 is 0.974 bits per heavy atom. The molecule has 1 atom stereocenters. The molecule has 1 aliphatic heterocycles. The van der Waals surface area contributed by atoms with E-state index in [-0.39, 0.29) is 23.4 Å². The molecule has 198 valence electrons. The summed E-state index contributed by atoms with van der Waals surface area (Å²) >= 11 is 0. The molecule has 10 heteroatoms. The van der Waals surface area contributed by atoms with Gasteiger partial charge in [0.25, 0.3) is 11.8 Å². The maximum absolute atomic E-state index is 13.3. The molecular weight excluding hydrogens is 494 g/mol. The van der Waals surface area contributed by atoms with Crippen LogP contribution in [0, 0.1) is 5.92 Å². The maximum Gasteiger partial charge on any atom is 0.259 e. The van der Waals surface area contributed by atoms with Gasteiger partial charge in [0.2, 0.25) is 0 Å². The zero-order valence-electron chi connectivity index (χ0n) is 21.4. The molecule has 6 rings (SSSR count). The van der Waals surface area contributed by atoms with Crippen molar-refractivity contribution in [1.29, 1.82) is 0 Å². The van der Waals surface area contributed by atoms with E-state index in [9.17, 15) is 9.59 Å². The number of allylic oxidation sites excluding steroid dienone is 1. The second kappa shape index (κ2) is 10.2. The number of carbonyl (C=O) groups is 2. The molecule has 3 heterocycles. The Morgan fingerprint density at radius 2 is 1.72 bits per heavy atom. The predicted octanol–water partition coefficient (Wildman–Crippen LogP) is 3.85. The van der Waals surface area contributed by atoms with Crippen LogP contribution in [-0.2, 0) is 9.59 Å². The van der Waals surface area contributed by atoms with E-state index in [0.29, 0.717) is 41.4 Å². The van der Waals surface area contributed by atoms with Crippen molar-refractivity contribution < 1.29 is 14.3 Å². The molecule has 2 aromatic carbocycles. The number of hydrogen-bond acceptors (Lipinski definition) is 7. The molecule has 1 unspecified atom stereocenters. The molecule has 4 N–H and O–H groups in total. The molecule has 2 aliphatic rings. The van der Waals surface area contributed by atoms with Crippen LogP contribution in [0.2, 0.25) is 0 Å². The molecule has 1 aliphatic carbocycles. The van der Waals surface area contributed by atoms with E-state index in [0.717, 1.165) is 37.0 Å². The molecule has 4 aromatic rings. The highest BCUT2D eigenvalue weighted by molar-refractivity contribution is 6.17. The monoisotopic (exact) mass is 523 g/mol. The fourth-order valence-electron chi connectivity index (χ4n) is 5.02. The van der Waals surface area contributed by atoms with Crippen LogP contribution in [-0.4, -0.2) is 49.6 Å². The van der Waals surface area contributed by atoms with Crippen LogP contribution in [0.15, 0.2) is 72.6 Å². The van der Waals surface area contributed by atoms with E-state index in [1.165, 1.54) is 6.33 Å². The van der Waals surface area contributed by atoms with E-state index in [2.05, 4.69) is 9.97 Å². The number of carbonyl (C=O) groups excluding carboxylic acids is 2. The Hall–Kier alpha value is -4.73. The smallest absolute Gasteiger partial charge is 0.259 e. The molecule has 39 heavy (non-hydrogen) atoms. The molecule has 0 bridgehead atoms. The quantitative estimate of drug-likeness (QED) is 0.213. The van der Waals surface area contributed by atoms with Gasteiger partial charge in [-0.15, -0.1) is 0 Å². The van der Waals surface area contributed by atoms with Gasteiger partial charge in [-0.2, -0.15) is 5.10 Å². The van der Waals surface area contributed by atoms with Crippen LogP contribution in [0.4, 0.5) is 5.82 Å². The average molecular weight is 524 g/mol. The summed E-state index contributed by atoms with van der Waals surface area (Å²) in [5, 5.41) is 5.60. The molecular formula is C29H29N7O3. The highest BCUT2D eigenvalue weighted by Crippen LogP contribution is 2.35. The molecule has 2 amide bonds. The first-order valence-electron chi connectivity index (χ1n) is 13.1. The third-order valence-electron chi connectivity index (χ3n) is 7.17. The number of primary amides is 1. The number of nitrogen functional groups attached to an aromatic ring is 1. The predicted molar refractivity (Wildman–Crippen MR) is 147 cm³/mol. The first-order valence-corrected chi connectivity index (χ1v) is 13.1. The van der Waals surface area contributed by atoms with Crippen molar-refractivity contribution in [3.63, 3.8) is 0 Å². The Bertz CT molecular complexity index is 1560. The number of hydrogen-bond donors (Lipinski definition) is 2. The summed E-state index contributed by atoms with van der Waals surface area (Å²) in [6, 6.07) is 17.0. The molecule has 2 aromatic heterocycles. The molecule has 10 nitrogen and oxygen atoms in total. The number of anilines is 1. The van der Waals surface area contributed by atoms with Crippen LogP contribution in [0.5, 0.6) is 11.5 Å². The number of fused-ring (bicyclic) bond motifs is 1. The zero-order chi connectivity index (χ0) is 26.9. The number of nitrogens with two attached hydrogens (primary N) is 2. The van der Waals surface area contributed by atoms with Gasteiger partial charge in [0.05, 0.1) is 11.4 Å². The summed E-state index contributed by atoms with van der Waals surface area (Å²) in [5.74, 6) is 1.04. The minimum atomic E-state index is -0.680. The second-order valence-electron chi connectivity index (χ2n) is 10.0. The van der Waals surface area contributed by atoms with Crippen LogP contribution in [0.1, 0.15) is 31.7 Å². The highest BCUT2D eigenvalue weighted by atomic mass is 16.5. The number of benzene rings is 2. The summed E-state index contributed by atoms with van der Waals surface area (Å²) < 4.78 is 7.77. The van der Waals surface area contributed by atoms with Crippen LogP contribution in [0.3, 0.4) is 0 Å². The standard InChI is InChI=1S/C29H29N7O3/c30-26-24-25(19-10-12-22(13-11-19)39-21-6-2-1-3-7-21)34-36(28(24)33-17-32-26)20-5-4-14-35(16-20)29(38)23(27(31)37)15-18-8-9-18/h1-3,6-7,10-13,15,17-18,20H,4-5,8-9,14,16H2,(H2,31,37)(H2,30,32,33). The minimum absolute atomic E-state index is 0.0774. The van der Waals surface area contributed by atoms with Gasteiger partial charge >= 0.3 is 0 Å². The number of piperidine rings is 1. The third kappa shape index (κ3) is 5.05. The fraction of sp³-hybridized carbons (Fsp3) is 0.276. The fourth-order valence-corrected chi connectivity index (χ4v) is 5.02.